The Hall–Kier alpha value is -0.520. The van der Waals surface area contributed by atoms with Crippen LogP contribution in [0.25, 0.3) is 0 Å². The molecule has 0 aromatic carbocycles. The Morgan fingerprint density at radius 3 is 2.12 bits per heavy atom. The van der Waals surface area contributed by atoms with Crippen molar-refractivity contribution in [2.45, 2.75) is 119 Å². The second-order valence-corrected chi connectivity index (χ2v) is 7.37. The van der Waals surface area contributed by atoms with Crippen molar-refractivity contribution >= 4 is 0 Å². The highest BCUT2D eigenvalue weighted by atomic mass is 14.2. The highest BCUT2D eigenvalue weighted by molar-refractivity contribution is 4.91. The lowest BCUT2D eigenvalue weighted by Crippen LogP contribution is -1.93. The molecule has 1 aliphatic rings. The fourth-order valence-electron chi connectivity index (χ4n) is 3.00. The lowest BCUT2D eigenvalue weighted by atomic mass is 9.99. The molecule has 24 heavy (non-hydrogen) atoms. The van der Waals surface area contributed by atoms with Gasteiger partial charge in [-0.2, -0.15) is 0 Å². The van der Waals surface area contributed by atoms with Gasteiger partial charge < -0.3 is 0 Å². The Labute approximate surface area is 155 Å². The van der Waals surface area contributed by atoms with Crippen LogP contribution in [0, 0.1) is 11.8 Å². The zero-order chi connectivity index (χ0) is 18.6. The van der Waals surface area contributed by atoms with Crippen LogP contribution in [0.4, 0.5) is 0 Å². The third kappa shape index (κ3) is 19.5. The van der Waals surface area contributed by atoms with E-state index in [0.717, 1.165) is 11.8 Å². The second kappa shape index (κ2) is 20.5. The number of unbranched alkanes of at least 4 members (excludes halogenated alkanes) is 3. The quantitative estimate of drug-likeness (QED) is 0.275. The Balaban J connectivity index is 0. The molecule has 1 saturated carbocycles. The van der Waals surface area contributed by atoms with Gasteiger partial charge in [-0.15, -0.1) is 6.58 Å². The predicted octanol–water partition coefficient (Wildman–Crippen LogP) is 9.12. The average molecular weight is 337 g/mol. The zero-order valence-corrected chi connectivity index (χ0v) is 18.0. The normalized spacial score (nSPS) is 15.4. The zero-order valence-electron chi connectivity index (χ0n) is 18.0. The first-order valence-corrected chi connectivity index (χ1v) is 10.9. The van der Waals surface area contributed by atoms with Gasteiger partial charge in [0.25, 0.3) is 0 Å². The molecule has 1 atom stereocenters. The first-order chi connectivity index (χ1) is 11.6. The number of hydrogen-bond acceptors (Lipinski definition) is 0. The van der Waals surface area contributed by atoms with Crippen LogP contribution in [0.15, 0.2) is 24.3 Å². The molecule has 0 heteroatoms. The van der Waals surface area contributed by atoms with Crippen LogP contribution in [0.2, 0.25) is 0 Å². The van der Waals surface area contributed by atoms with Gasteiger partial charge in [-0.3, -0.25) is 0 Å². The summed E-state index contributed by atoms with van der Waals surface area (Å²) in [6.45, 7) is 16.8. The number of hydrogen-bond donors (Lipinski definition) is 0. The van der Waals surface area contributed by atoms with Gasteiger partial charge in [-0.25, -0.2) is 0 Å². The molecule has 0 spiro atoms. The lowest BCUT2D eigenvalue weighted by molar-refractivity contribution is 0.510. The molecule has 0 aliphatic heterocycles. The molecule has 0 bridgehead atoms. The topological polar surface area (TPSA) is 0 Å². The summed E-state index contributed by atoms with van der Waals surface area (Å²) in [7, 11) is 0. The Kier molecular flexibility index (Phi) is 22.0. The molecular weight excluding hydrogens is 288 g/mol. The van der Waals surface area contributed by atoms with Gasteiger partial charge in [-0.1, -0.05) is 97.3 Å². The summed E-state index contributed by atoms with van der Waals surface area (Å²) in [4.78, 5) is 0. The van der Waals surface area contributed by atoms with E-state index in [1.165, 1.54) is 82.6 Å². The summed E-state index contributed by atoms with van der Waals surface area (Å²) in [6, 6.07) is 0. The van der Waals surface area contributed by atoms with Crippen molar-refractivity contribution in [3.63, 3.8) is 0 Å². The standard InChI is InChI=1S/C14H26.C8H16.C2H6/c1-3-4-8-13(2)9-7-12-14-10-5-6-11-14;1-4-5-6-7-8(2)3;1-2/h7,12-14H,3-6,8-11H2,1-2H3;2,4-7H2,1,3H3;1-2H3/b12-7+;;. The van der Waals surface area contributed by atoms with Crippen molar-refractivity contribution < 1.29 is 0 Å². The maximum absolute atomic E-state index is 3.83. The molecule has 0 nitrogen and oxygen atoms in total. The van der Waals surface area contributed by atoms with E-state index in [4.69, 9.17) is 0 Å². The molecule has 0 N–H and O–H groups in total. The summed E-state index contributed by atoms with van der Waals surface area (Å²) in [5.41, 5.74) is 1.32. The highest BCUT2D eigenvalue weighted by Gasteiger charge is 2.10. The van der Waals surface area contributed by atoms with E-state index >= 15 is 0 Å². The first kappa shape index (κ1) is 25.7. The summed E-state index contributed by atoms with van der Waals surface area (Å²) >= 11 is 0. The fourth-order valence-corrected chi connectivity index (χ4v) is 3.00. The van der Waals surface area contributed by atoms with Crippen LogP contribution < -0.4 is 0 Å². The van der Waals surface area contributed by atoms with Gasteiger partial charge in [0, 0.05) is 0 Å². The SMILES string of the molecule is C=C(C)CCCCC.CC.CCCCC(C)C/C=C/C1CCCC1. The van der Waals surface area contributed by atoms with Crippen LogP contribution in [0.5, 0.6) is 0 Å². The van der Waals surface area contributed by atoms with Gasteiger partial charge in [0.2, 0.25) is 0 Å². The summed E-state index contributed by atoms with van der Waals surface area (Å²) < 4.78 is 0. The molecule has 1 rings (SSSR count). The maximum atomic E-state index is 3.83. The van der Waals surface area contributed by atoms with Gasteiger partial charge in [0.15, 0.2) is 0 Å². The van der Waals surface area contributed by atoms with E-state index in [1.807, 2.05) is 13.8 Å². The first-order valence-electron chi connectivity index (χ1n) is 10.9. The van der Waals surface area contributed by atoms with E-state index in [0.29, 0.717) is 0 Å². The summed E-state index contributed by atoms with van der Waals surface area (Å²) in [5, 5.41) is 0. The van der Waals surface area contributed by atoms with E-state index in [9.17, 15) is 0 Å². The fraction of sp³-hybridized carbons (Fsp3) is 0.833. The molecular formula is C24H48. The molecule has 0 radical (unpaired) electrons. The van der Waals surface area contributed by atoms with Gasteiger partial charge >= 0.3 is 0 Å². The number of allylic oxidation sites excluding steroid dienone is 3. The smallest absolute Gasteiger partial charge is 0.0234 e. The van der Waals surface area contributed by atoms with Crippen molar-refractivity contribution in [3.05, 3.63) is 24.3 Å². The number of rotatable bonds is 10. The highest BCUT2D eigenvalue weighted by Crippen LogP contribution is 2.26. The molecule has 1 unspecified atom stereocenters. The second-order valence-electron chi connectivity index (χ2n) is 7.37. The third-order valence-corrected chi connectivity index (χ3v) is 4.60. The summed E-state index contributed by atoms with van der Waals surface area (Å²) in [6.07, 6.45) is 21.4. The van der Waals surface area contributed by atoms with Crippen molar-refractivity contribution in [2.24, 2.45) is 11.8 Å². The van der Waals surface area contributed by atoms with Crippen LogP contribution in [-0.4, -0.2) is 0 Å². The Morgan fingerprint density at radius 2 is 1.62 bits per heavy atom. The van der Waals surface area contributed by atoms with Crippen molar-refractivity contribution in [1.29, 1.82) is 0 Å². The molecule has 1 aliphatic carbocycles. The van der Waals surface area contributed by atoms with Crippen LogP contribution in [-0.2, 0) is 0 Å². The largest absolute Gasteiger partial charge is 0.100 e. The molecule has 144 valence electrons. The van der Waals surface area contributed by atoms with E-state index in [1.54, 1.807) is 0 Å². The van der Waals surface area contributed by atoms with Crippen molar-refractivity contribution in [3.8, 4) is 0 Å². The molecule has 0 amide bonds. The maximum Gasteiger partial charge on any atom is -0.0234 e. The summed E-state index contributed by atoms with van der Waals surface area (Å²) in [5.74, 6) is 1.82. The van der Waals surface area contributed by atoms with Crippen molar-refractivity contribution in [2.75, 3.05) is 0 Å². The van der Waals surface area contributed by atoms with Crippen LogP contribution in [0.1, 0.15) is 119 Å². The molecule has 0 saturated heterocycles. The minimum absolute atomic E-state index is 0.896. The monoisotopic (exact) mass is 336 g/mol. The minimum atomic E-state index is 0.896. The minimum Gasteiger partial charge on any atom is -0.100 e. The third-order valence-electron chi connectivity index (χ3n) is 4.60. The molecule has 0 aromatic rings. The van der Waals surface area contributed by atoms with E-state index in [2.05, 4.69) is 46.4 Å². The average Bonchev–Trinajstić information content (AvgIpc) is 3.09. The molecule has 1 fully saturated rings. The van der Waals surface area contributed by atoms with E-state index in [-0.39, 0.29) is 0 Å². The van der Waals surface area contributed by atoms with E-state index < -0.39 is 0 Å². The molecule has 0 heterocycles. The van der Waals surface area contributed by atoms with Gasteiger partial charge in [-0.05, 0) is 50.9 Å². The van der Waals surface area contributed by atoms with Gasteiger partial charge in [0.1, 0.15) is 0 Å². The Bertz CT molecular complexity index is 268. The van der Waals surface area contributed by atoms with Gasteiger partial charge in [0.05, 0.1) is 0 Å². The molecule has 0 aromatic heterocycles. The lowest BCUT2D eigenvalue weighted by Gasteiger charge is -2.07. The van der Waals surface area contributed by atoms with Crippen LogP contribution >= 0.6 is 0 Å². The Morgan fingerprint density at radius 1 is 1.04 bits per heavy atom. The van der Waals surface area contributed by atoms with Crippen molar-refractivity contribution in [1.82, 2.24) is 0 Å². The predicted molar refractivity (Wildman–Crippen MR) is 115 cm³/mol. The van der Waals surface area contributed by atoms with Crippen LogP contribution in [0.3, 0.4) is 0 Å².